The van der Waals surface area contributed by atoms with Gasteiger partial charge >= 0.3 is 88.7 Å². The summed E-state index contributed by atoms with van der Waals surface area (Å²) in [6, 6.07) is 0. The Morgan fingerprint density at radius 1 is 0.333 bits per heavy atom. The molecule has 15 heteroatoms. The van der Waals surface area contributed by atoms with Crippen LogP contribution in [0.25, 0.3) is 0 Å². The Bertz CT molecular complexity index is 484. The van der Waals surface area contributed by atoms with Crippen LogP contribution in [0, 0.1) is 35.5 Å². The molecule has 0 aliphatic heterocycles. The summed E-state index contributed by atoms with van der Waals surface area (Å²) < 4.78 is 0. The predicted octanol–water partition coefficient (Wildman–Crippen LogP) is -18.8. The van der Waals surface area contributed by atoms with Gasteiger partial charge in [0.2, 0.25) is 0 Å². The molecule has 0 radical (unpaired) electrons. The van der Waals surface area contributed by atoms with Crippen LogP contribution in [0.1, 0.15) is 0 Å². The number of hydrogen-bond acceptors (Lipinski definition) is 12. The molecular weight excluding hydrogens is 405 g/mol. The molecule has 0 saturated heterocycles. The Balaban J connectivity index is -0.00000192. The van der Waals surface area contributed by atoms with E-state index in [1.165, 1.54) is 0 Å². The van der Waals surface area contributed by atoms with Gasteiger partial charge in [0, 0.05) is 71.3 Å². The number of rotatable bonds is 6. The summed E-state index contributed by atoms with van der Waals surface area (Å²) in [5.74, 6) is -31.4. The third kappa shape index (κ3) is 6.41. The van der Waals surface area contributed by atoms with E-state index in [1.807, 2.05) is 0 Å². The number of carbonyl (C=O) groups is 6. The van der Waals surface area contributed by atoms with E-state index in [9.17, 15) is 59.4 Å². The molecule has 27 heavy (non-hydrogen) atoms. The van der Waals surface area contributed by atoms with Gasteiger partial charge in [-0.25, -0.2) is 0 Å². The number of carbonyl (C=O) groups excluding carboxylic acids is 6. The standard InChI is InChI=1S/C12H12O12.3Na/c13-7(14)1-2(8(15)16)4(10(19)20)6(12(23)24)5(11(21)22)3(1)9(17)18;;;/h1-6H,(H,13,14)(H,15,16)(H,17,18)(H,19,20)(H,21,22)(H,23,24);;;/q;3*+1/p-6. The van der Waals surface area contributed by atoms with Gasteiger partial charge in [-0.2, -0.15) is 0 Å². The van der Waals surface area contributed by atoms with E-state index in [4.69, 9.17) is 0 Å². The quantitative estimate of drug-likeness (QED) is 0.370. The van der Waals surface area contributed by atoms with Crippen molar-refractivity contribution in [2.75, 3.05) is 0 Å². The minimum atomic E-state index is -2.78. The van der Waals surface area contributed by atoms with E-state index < -0.39 is 71.3 Å². The largest absolute Gasteiger partial charge is 1.00 e. The first-order valence-electron chi connectivity index (χ1n) is 6.18. The second-order valence-electron chi connectivity index (χ2n) is 5.07. The van der Waals surface area contributed by atoms with Crippen molar-refractivity contribution in [2.45, 2.75) is 0 Å². The zero-order valence-corrected chi connectivity index (χ0v) is 20.4. The second-order valence-corrected chi connectivity index (χ2v) is 5.07. The van der Waals surface area contributed by atoms with Gasteiger partial charge < -0.3 is 59.4 Å². The van der Waals surface area contributed by atoms with E-state index in [2.05, 4.69) is 0 Å². The first kappa shape index (κ1) is 31.5. The second kappa shape index (κ2) is 12.4. The van der Waals surface area contributed by atoms with Crippen molar-refractivity contribution in [3.8, 4) is 0 Å². The van der Waals surface area contributed by atoms with Gasteiger partial charge in [-0.05, 0) is 0 Å². The molecule has 0 aromatic rings. The summed E-state index contributed by atoms with van der Waals surface area (Å²) in [4.78, 5) is 66.7. The van der Waals surface area contributed by atoms with Gasteiger partial charge in [0.1, 0.15) is 0 Å². The summed E-state index contributed by atoms with van der Waals surface area (Å²) in [7, 11) is 0. The molecule has 1 saturated carbocycles. The maximum absolute atomic E-state index is 11.1. The van der Waals surface area contributed by atoms with Crippen molar-refractivity contribution in [1.82, 2.24) is 0 Å². The smallest absolute Gasteiger partial charge is 0.550 e. The summed E-state index contributed by atoms with van der Waals surface area (Å²) in [6.45, 7) is 0. The van der Waals surface area contributed by atoms with Gasteiger partial charge in [0.15, 0.2) is 0 Å². The molecule has 1 aliphatic rings. The number of carboxylic acids is 6. The Morgan fingerprint density at radius 3 is 0.444 bits per heavy atom. The van der Waals surface area contributed by atoms with Crippen LogP contribution >= 0.6 is 0 Å². The van der Waals surface area contributed by atoms with Crippen LogP contribution < -0.4 is 119 Å². The Hall–Kier alpha value is -0.180. The molecule has 0 aromatic carbocycles. The topological polar surface area (TPSA) is 241 Å². The predicted molar refractivity (Wildman–Crippen MR) is 51.0 cm³/mol. The SMILES string of the molecule is O=C([O-])C1C(C(=O)[O-])C(C(=O)[O-])C(C(=O)[O-])C(C(=O)[O-])C1C(=O)[O-].[Na+].[Na+].[Na+]. The molecule has 1 fully saturated rings. The first-order chi connectivity index (χ1) is 10.9. The fourth-order valence-corrected chi connectivity index (χ4v) is 3.10. The fraction of sp³-hybridized carbons (Fsp3) is 0.500. The zero-order chi connectivity index (χ0) is 18.9. The molecule has 0 atom stereocenters. The minimum Gasteiger partial charge on any atom is -0.550 e. The summed E-state index contributed by atoms with van der Waals surface area (Å²) in [5, 5.41) is 66.7. The Labute approximate surface area is 217 Å². The number of aliphatic carboxylic acids is 6. The van der Waals surface area contributed by atoms with Crippen LogP contribution in [0.3, 0.4) is 0 Å². The molecule has 12 nitrogen and oxygen atoms in total. The van der Waals surface area contributed by atoms with Crippen LogP contribution in [0.5, 0.6) is 0 Å². The van der Waals surface area contributed by atoms with E-state index in [0.717, 1.165) is 0 Å². The molecule has 1 rings (SSSR count). The summed E-state index contributed by atoms with van der Waals surface area (Å²) in [5.41, 5.74) is 0. The van der Waals surface area contributed by atoms with Crippen molar-refractivity contribution in [2.24, 2.45) is 35.5 Å². The van der Waals surface area contributed by atoms with Crippen LogP contribution in [-0.4, -0.2) is 35.8 Å². The van der Waals surface area contributed by atoms with Gasteiger partial charge in [-0.1, -0.05) is 0 Å². The van der Waals surface area contributed by atoms with Crippen molar-refractivity contribution in [1.29, 1.82) is 0 Å². The van der Waals surface area contributed by atoms with E-state index in [-0.39, 0.29) is 88.7 Å². The molecule has 0 amide bonds. The van der Waals surface area contributed by atoms with Crippen LogP contribution in [-0.2, 0) is 28.8 Å². The van der Waals surface area contributed by atoms with Crippen LogP contribution in [0.4, 0.5) is 0 Å². The fourth-order valence-electron chi connectivity index (χ4n) is 3.10. The van der Waals surface area contributed by atoms with E-state index >= 15 is 0 Å². The molecule has 0 aromatic heterocycles. The molecule has 1 aliphatic carbocycles. The normalized spacial score (nSPS) is 28.9. The van der Waals surface area contributed by atoms with Gasteiger partial charge in [-0.15, -0.1) is 0 Å². The number of hydrogen-bond donors (Lipinski definition) is 0. The van der Waals surface area contributed by atoms with Crippen LogP contribution in [0.2, 0.25) is 0 Å². The monoisotopic (exact) mass is 411 g/mol. The molecule has 0 bridgehead atoms. The van der Waals surface area contributed by atoms with Gasteiger partial charge in [0.05, 0.1) is 0 Å². The van der Waals surface area contributed by atoms with E-state index in [1.54, 1.807) is 0 Å². The minimum absolute atomic E-state index is 0. The van der Waals surface area contributed by atoms with E-state index in [0.29, 0.717) is 0 Å². The maximum atomic E-state index is 11.1. The van der Waals surface area contributed by atoms with Crippen molar-refractivity contribution < 1.29 is 148 Å². The van der Waals surface area contributed by atoms with Crippen molar-refractivity contribution >= 4 is 35.8 Å². The third-order valence-electron chi connectivity index (χ3n) is 3.95. The van der Waals surface area contributed by atoms with Gasteiger partial charge in [-0.3, -0.25) is 0 Å². The molecule has 132 valence electrons. The van der Waals surface area contributed by atoms with Crippen LogP contribution in [0.15, 0.2) is 0 Å². The molecule has 0 heterocycles. The average Bonchev–Trinajstić information content (AvgIpc) is 2.42. The first-order valence-corrected chi connectivity index (χ1v) is 6.18. The maximum Gasteiger partial charge on any atom is 1.00 e. The summed E-state index contributed by atoms with van der Waals surface area (Å²) in [6.07, 6.45) is 0. The Morgan fingerprint density at radius 2 is 0.407 bits per heavy atom. The zero-order valence-electron chi connectivity index (χ0n) is 14.4. The van der Waals surface area contributed by atoms with Gasteiger partial charge in [0.25, 0.3) is 0 Å². The Kier molecular flexibility index (Phi) is 14.5. The molecular formula is C12H6Na3O12-3. The average molecular weight is 411 g/mol. The summed E-state index contributed by atoms with van der Waals surface area (Å²) >= 11 is 0. The number of carboxylic acid groups (broad SMARTS) is 6. The third-order valence-corrected chi connectivity index (χ3v) is 3.95. The van der Waals surface area contributed by atoms with Crippen molar-refractivity contribution in [3.05, 3.63) is 0 Å². The molecule has 0 N–H and O–H groups in total. The van der Waals surface area contributed by atoms with Crippen molar-refractivity contribution in [3.63, 3.8) is 0 Å². The molecule has 0 spiro atoms. The molecule has 0 unspecified atom stereocenters.